The van der Waals surface area contributed by atoms with Gasteiger partial charge in [-0.1, -0.05) is 0 Å². The zero-order valence-corrected chi connectivity index (χ0v) is 14.9. The highest BCUT2D eigenvalue weighted by Crippen LogP contribution is 2.17. The second-order valence-electron chi connectivity index (χ2n) is 6.71. The maximum absolute atomic E-state index is 12.8. The highest BCUT2D eigenvalue weighted by molar-refractivity contribution is 5.98. The van der Waals surface area contributed by atoms with Crippen molar-refractivity contribution >= 4 is 22.8 Å². The van der Waals surface area contributed by atoms with Crippen molar-refractivity contribution in [1.29, 1.82) is 0 Å². The fourth-order valence-corrected chi connectivity index (χ4v) is 3.48. The van der Waals surface area contributed by atoms with Crippen LogP contribution >= 0.6 is 0 Å². The van der Waals surface area contributed by atoms with Gasteiger partial charge in [-0.3, -0.25) is 9.59 Å². The molecule has 0 unspecified atom stereocenters. The lowest BCUT2D eigenvalue weighted by Crippen LogP contribution is -2.50. The molecule has 7 nitrogen and oxygen atoms in total. The number of hydrogen-bond acceptors (Lipinski definition) is 3. The van der Waals surface area contributed by atoms with Crippen LogP contribution in [0.3, 0.4) is 0 Å². The van der Waals surface area contributed by atoms with Gasteiger partial charge in [0.1, 0.15) is 0 Å². The van der Waals surface area contributed by atoms with Gasteiger partial charge in [0, 0.05) is 43.1 Å². The third-order valence-electron chi connectivity index (χ3n) is 4.90. The van der Waals surface area contributed by atoms with E-state index in [0.29, 0.717) is 37.3 Å². The Hall–Kier alpha value is -3.09. The molecule has 2 amide bonds. The molecule has 1 fully saturated rings. The lowest BCUT2D eigenvalue weighted by atomic mass is 10.1. The number of H-pyrrole nitrogens is 2. The van der Waals surface area contributed by atoms with Gasteiger partial charge in [-0.15, -0.1) is 0 Å². The van der Waals surface area contributed by atoms with Gasteiger partial charge >= 0.3 is 0 Å². The number of hydrogen-bond donors (Lipinski definition) is 2. The molecule has 0 spiro atoms. The summed E-state index contributed by atoms with van der Waals surface area (Å²) in [5.41, 5.74) is 4.91. The average molecular weight is 351 g/mol. The summed E-state index contributed by atoms with van der Waals surface area (Å²) in [7, 11) is 0. The number of benzene rings is 1. The van der Waals surface area contributed by atoms with Gasteiger partial charge in [-0.2, -0.15) is 0 Å². The summed E-state index contributed by atoms with van der Waals surface area (Å²) >= 11 is 0. The van der Waals surface area contributed by atoms with E-state index < -0.39 is 0 Å². The second kappa shape index (κ2) is 6.33. The van der Waals surface area contributed by atoms with E-state index in [1.165, 1.54) is 0 Å². The lowest BCUT2D eigenvalue weighted by molar-refractivity contribution is 0.0535. The molecule has 0 bridgehead atoms. The Kier molecular flexibility index (Phi) is 3.99. The Morgan fingerprint density at radius 1 is 1.00 bits per heavy atom. The molecule has 1 saturated heterocycles. The van der Waals surface area contributed by atoms with Crippen LogP contribution in [0.2, 0.25) is 0 Å². The fraction of sp³-hybridized carbons (Fsp3) is 0.316. The average Bonchev–Trinajstić information content (AvgIpc) is 3.25. The van der Waals surface area contributed by atoms with E-state index in [-0.39, 0.29) is 11.8 Å². The molecule has 7 heteroatoms. The molecule has 4 rings (SSSR count). The summed E-state index contributed by atoms with van der Waals surface area (Å²) in [6.07, 6.45) is 1.62. The van der Waals surface area contributed by atoms with Gasteiger partial charge in [-0.05, 0) is 38.1 Å². The fourth-order valence-electron chi connectivity index (χ4n) is 3.48. The van der Waals surface area contributed by atoms with Crippen molar-refractivity contribution < 1.29 is 9.59 Å². The van der Waals surface area contributed by atoms with Crippen molar-refractivity contribution in [2.75, 3.05) is 26.2 Å². The van der Waals surface area contributed by atoms with Crippen LogP contribution in [0, 0.1) is 13.8 Å². The highest BCUT2D eigenvalue weighted by atomic mass is 16.2. The molecule has 1 aliphatic rings. The summed E-state index contributed by atoms with van der Waals surface area (Å²) in [4.78, 5) is 39.4. The summed E-state index contributed by atoms with van der Waals surface area (Å²) in [5, 5.41) is 0. The van der Waals surface area contributed by atoms with E-state index in [1.807, 2.05) is 36.9 Å². The number of amides is 2. The van der Waals surface area contributed by atoms with Crippen molar-refractivity contribution in [2.45, 2.75) is 13.8 Å². The van der Waals surface area contributed by atoms with E-state index in [0.717, 1.165) is 22.4 Å². The molecule has 26 heavy (non-hydrogen) atoms. The predicted molar refractivity (Wildman–Crippen MR) is 98.2 cm³/mol. The van der Waals surface area contributed by atoms with Crippen molar-refractivity contribution in [3.8, 4) is 0 Å². The zero-order valence-electron chi connectivity index (χ0n) is 14.9. The number of piperazine rings is 1. The second-order valence-corrected chi connectivity index (χ2v) is 6.71. The Bertz CT molecular complexity index is 979. The number of carbonyl (C=O) groups excluding carboxylic acids is 2. The van der Waals surface area contributed by atoms with Crippen molar-refractivity contribution in [3.05, 3.63) is 53.1 Å². The molecule has 3 aromatic rings. The largest absolute Gasteiger partial charge is 0.362 e. The normalized spacial score (nSPS) is 14.8. The molecule has 0 atom stereocenters. The summed E-state index contributed by atoms with van der Waals surface area (Å²) < 4.78 is 0. The topological polar surface area (TPSA) is 85.1 Å². The molecule has 1 aromatic carbocycles. The molecular formula is C19H21N5O2. The maximum atomic E-state index is 12.8. The molecule has 2 N–H and O–H groups in total. The standard InChI is InChI=1S/C19H21N5O2/c1-12-9-15(13(2)22-12)19(26)24-7-5-23(6-8-24)18(25)14-3-4-16-17(10-14)21-11-20-16/h3-4,9-11,22H,5-8H2,1-2H3,(H,20,21). The first kappa shape index (κ1) is 16.4. The molecular weight excluding hydrogens is 330 g/mol. The summed E-state index contributed by atoms with van der Waals surface area (Å²) in [5.74, 6) is 0.0140. The van der Waals surface area contributed by atoms with E-state index in [9.17, 15) is 9.59 Å². The smallest absolute Gasteiger partial charge is 0.255 e. The van der Waals surface area contributed by atoms with Crippen molar-refractivity contribution in [1.82, 2.24) is 24.8 Å². The number of aromatic nitrogens is 3. The van der Waals surface area contributed by atoms with E-state index >= 15 is 0 Å². The van der Waals surface area contributed by atoms with Crippen LogP contribution in [-0.4, -0.2) is 62.7 Å². The zero-order chi connectivity index (χ0) is 18.3. The number of aromatic amines is 2. The quantitative estimate of drug-likeness (QED) is 0.741. The molecule has 0 radical (unpaired) electrons. The first-order valence-corrected chi connectivity index (χ1v) is 8.71. The number of carbonyl (C=O) groups is 2. The van der Waals surface area contributed by atoms with Crippen LogP contribution in [0.1, 0.15) is 32.1 Å². The van der Waals surface area contributed by atoms with Gasteiger partial charge in [0.05, 0.1) is 22.9 Å². The number of imidazole rings is 1. The van der Waals surface area contributed by atoms with Gasteiger partial charge in [0.2, 0.25) is 0 Å². The number of rotatable bonds is 2. The van der Waals surface area contributed by atoms with Crippen LogP contribution in [0.5, 0.6) is 0 Å². The van der Waals surface area contributed by atoms with Gasteiger partial charge in [0.15, 0.2) is 0 Å². The van der Waals surface area contributed by atoms with Crippen molar-refractivity contribution in [2.24, 2.45) is 0 Å². The van der Waals surface area contributed by atoms with Crippen LogP contribution < -0.4 is 0 Å². The van der Waals surface area contributed by atoms with Gasteiger partial charge < -0.3 is 19.8 Å². The minimum Gasteiger partial charge on any atom is -0.362 e. The summed E-state index contributed by atoms with van der Waals surface area (Å²) in [6.45, 7) is 6.01. The third kappa shape index (κ3) is 2.85. The Balaban J connectivity index is 1.43. The highest BCUT2D eigenvalue weighted by Gasteiger charge is 2.26. The molecule has 2 aromatic heterocycles. The van der Waals surface area contributed by atoms with E-state index in [1.54, 1.807) is 17.3 Å². The van der Waals surface area contributed by atoms with Crippen LogP contribution in [-0.2, 0) is 0 Å². The van der Waals surface area contributed by atoms with Gasteiger partial charge in [-0.25, -0.2) is 4.98 Å². The first-order chi connectivity index (χ1) is 12.5. The molecule has 0 saturated carbocycles. The number of aryl methyl sites for hydroxylation is 2. The first-order valence-electron chi connectivity index (χ1n) is 8.71. The Morgan fingerprint density at radius 2 is 1.69 bits per heavy atom. The SMILES string of the molecule is Cc1cc(C(=O)N2CCN(C(=O)c3ccc4nc[nH]c4c3)CC2)c(C)[nH]1. The van der Waals surface area contributed by atoms with Crippen LogP contribution in [0.25, 0.3) is 11.0 Å². The third-order valence-corrected chi connectivity index (χ3v) is 4.90. The molecule has 0 aliphatic carbocycles. The number of nitrogens with one attached hydrogen (secondary N) is 2. The van der Waals surface area contributed by atoms with Crippen molar-refractivity contribution in [3.63, 3.8) is 0 Å². The molecule has 134 valence electrons. The maximum Gasteiger partial charge on any atom is 0.255 e. The minimum atomic E-state index is -0.0118. The van der Waals surface area contributed by atoms with Crippen LogP contribution in [0.15, 0.2) is 30.6 Å². The van der Waals surface area contributed by atoms with E-state index in [2.05, 4.69) is 15.0 Å². The molecule has 3 heterocycles. The Morgan fingerprint density at radius 3 is 2.35 bits per heavy atom. The van der Waals surface area contributed by atoms with E-state index in [4.69, 9.17) is 0 Å². The molecule has 1 aliphatic heterocycles. The number of fused-ring (bicyclic) bond motifs is 1. The monoisotopic (exact) mass is 351 g/mol. The minimum absolute atomic E-state index is 0.0118. The Labute approximate surface area is 151 Å². The van der Waals surface area contributed by atoms with Gasteiger partial charge in [0.25, 0.3) is 11.8 Å². The summed E-state index contributed by atoms with van der Waals surface area (Å²) in [6, 6.07) is 7.35. The number of nitrogens with zero attached hydrogens (tertiary/aromatic N) is 3. The lowest BCUT2D eigenvalue weighted by Gasteiger charge is -2.34. The van der Waals surface area contributed by atoms with Crippen LogP contribution in [0.4, 0.5) is 0 Å². The predicted octanol–water partition coefficient (Wildman–Crippen LogP) is 2.11.